The fraction of sp³-hybridized carbons (Fsp3) is 0.588. The number of benzene rings is 2. The number of aryl methyl sites for hydroxylation is 1. The van der Waals surface area contributed by atoms with Crippen LogP contribution in [0.4, 0.5) is 26.3 Å². The van der Waals surface area contributed by atoms with Crippen molar-refractivity contribution < 1.29 is 39.9 Å². The highest BCUT2D eigenvalue weighted by atomic mass is 32.2. The van der Waals surface area contributed by atoms with E-state index >= 15 is 0 Å². The maximum absolute atomic E-state index is 14.1. The van der Waals surface area contributed by atoms with Gasteiger partial charge < -0.3 is 10.0 Å². The van der Waals surface area contributed by atoms with Gasteiger partial charge in [0.2, 0.25) is 0 Å². The summed E-state index contributed by atoms with van der Waals surface area (Å²) >= 11 is 0. The van der Waals surface area contributed by atoms with Gasteiger partial charge in [-0.3, -0.25) is 0 Å². The number of fused-ring (bicyclic) bond motifs is 1. The number of sulfone groups is 1. The molecule has 1 aliphatic carbocycles. The zero-order valence-corrected chi connectivity index (χ0v) is 26.3. The van der Waals surface area contributed by atoms with Crippen LogP contribution in [0, 0.1) is 5.82 Å². The van der Waals surface area contributed by atoms with E-state index in [4.69, 9.17) is 0 Å². The summed E-state index contributed by atoms with van der Waals surface area (Å²) in [5.41, 5.74) is 5.52. The van der Waals surface area contributed by atoms with Crippen molar-refractivity contribution in [1.29, 1.82) is 0 Å². The van der Waals surface area contributed by atoms with Crippen LogP contribution >= 0.6 is 0 Å². The van der Waals surface area contributed by atoms with Crippen LogP contribution in [0.25, 0.3) is 11.1 Å². The van der Waals surface area contributed by atoms with E-state index < -0.39 is 34.1 Å². The molecule has 0 unspecified atom stereocenters. The molecule has 2 aromatic carbocycles. The number of phenolic OH excluding ortho intramolecular Hbond substituents is 1. The van der Waals surface area contributed by atoms with Gasteiger partial charge in [-0.25, -0.2) is 12.8 Å². The maximum atomic E-state index is 14.1. The quantitative estimate of drug-likeness (QED) is 0.153. The molecule has 250 valence electrons. The largest absolute Gasteiger partial charge is 0.508 e. The monoisotopic (exact) mass is 659 g/mol. The summed E-state index contributed by atoms with van der Waals surface area (Å²) in [6.07, 6.45) is 2.63. The number of phenols is 1. The van der Waals surface area contributed by atoms with Gasteiger partial charge in [0.1, 0.15) is 11.6 Å². The summed E-state index contributed by atoms with van der Waals surface area (Å²) < 4.78 is 102. The molecule has 0 amide bonds. The van der Waals surface area contributed by atoms with Crippen LogP contribution in [0.15, 0.2) is 42.5 Å². The summed E-state index contributed by atoms with van der Waals surface area (Å²) in [6, 6.07) is 12.4. The van der Waals surface area contributed by atoms with Gasteiger partial charge in [0.15, 0.2) is 9.84 Å². The number of aromatic hydroxyl groups is 1. The van der Waals surface area contributed by atoms with Crippen LogP contribution in [-0.4, -0.2) is 61.2 Å². The summed E-state index contributed by atoms with van der Waals surface area (Å²) in [7, 11) is -4.00. The van der Waals surface area contributed by atoms with Gasteiger partial charge >= 0.3 is 12.1 Å². The molecule has 0 spiro atoms. The number of unbranched alkanes of at least 4 members (excludes halogenated alkanes) is 3. The number of likely N-dealkylation sites (tertiary alicyclic amines) is 1. The first-order chi connectivity index (χ1) is 21.3. The van der Waals surface area contributed by atoms with Gasteiger partial charge in [-0.1, -0.05) is 31.0 Å². The summed E-state index contributed by atoms with van der Waals surface area (Å²) in [5.74, 6) is -6.59. The predicted octanol–water partition coefficient (Wildman–Crippen LogP) is 8.98. The number of allylic oxidation sites excluding steroid dienone is 2. The van der Waals surface area contributed by atoms with Crippen molar-refractivity contribution >= 4 is 21.0 Å². The van der Waals surface area contributed by atoms with E-state index in [0.29, 0.717) is 6.42 Å². The molecule has 1 atom stereocenters. The van der Waals surface area contributed by atoms with Crippen LogP contribution in [-0.2, 0) is 16.3 Å². The Hall–Kier alpha value is -2.53. The fourth-order valence-electron chi connectivity index (χ4n) is 6.68. The Morgan fingerprint density at radius 1 is 0.889 bits per heavy atom. The molecule has 0 saturated carbocycles. The van der Waals surface area contributed by atoms with E-state index in [1.165, 1.54) is 11.6 Å². The highest BCUT2D eigenvalue weighted by Crippen LogP contribution is 2.40. The third kappa shape index (κ3) is 9.98. The molecule has 0 radical (unpaired) electrons. The minimum atomic E-state index is -5.75. The van der Waals surface area contributed by atoms with Crippen LogP contribution in [0.1, 0.15) is 93.7 Å². The van der Waals surface area contributed by atoms with Crippen molar-refractivity contribution in [3.8, 4) is 5.75 Å². The Kier molecular flexibility index (Phi) is 12.1. The zero-order valence-electron chi connectivity index (χ0n) is 25.5. The van der Waals surface area contributed by atoms with Crippen LogP contribution in [0.2, 0.25) is 0 Å². The van der Waals surface area contributed by atoms with Gasteiger partial charge in [0.25, 0.3) is 0 Å². The molecule has 1 heterocycles. The average molecular weight is 660 g/mol. The zero-order chi connectivity index (χ0) is 32.7. The van der Waals surface area contributed by atoms with Crippen LogP contribution in [0.3, 0.4) is 0 Å². The van der Waals surface area contributed by atoms with Gasteiger partial charge in [-0.15, -0.1) is 0 Å². The molecule has 4 rings (SSSR count). The number of hydrogen-bond acceptors (Lipinski definition) is 4. The molecular weight excluding hydrogens is 616 g/mol. The molecule has 2 aliphatic rings. The van der Waals surface area contributed by atoms with Crippen molar-refractivity contribution in [2.24, 2.45) is 0 Å². The summed E-state index contributed by atoms with van der Waals surface area (Å²) in [4.78, 5) is 2.34. The summed E-state index contributed by atoms with van der Waals surface area (Å²) in [5, 5.41) is 10.1. The number of nitrogens with zero attached hydrogens (tertiary/aromatic N) is 1. The Bertz CT molecular complexity index is 1420. The normalized spacial score (nSPS) is 18.3. The van der Waals surface area contributed by atoms with Crippen molar-refractivity contribution in [2.75, 3.05) is 24.6 Å². The number of alkyl halides is 5. The van der Waals surface area contributed by atoms with Gasteiger partial charge in [-0.05, 0) is 129 Å². The maximum Gasteiger partial charge on any atom is 0.453 e. The third-order valence-corrected chi connectivity index (χ3v) is 10.8. The second-order valence-electron chi connectivity index (χ2n) is 12.4. The highest BCUT2D eigenvalue weighted by Gasteiger charge is 2.57. The Balaban J connectivity index is 1.24. The third-order valence-electron chi connectivity index (χ3n) is 9.08. The Morgan fingerprint density at radius 3 is 2.42 bits per heavy atom. The molecule has 2 aromatic rings. The smallest absolute Gasteiger partial charge is 0.453 e. The minimum Gasteiger partial charge on any atom is -0.508 e. The Labute approximate surface area is 262 Å². The van der Waals surface area contributed by atoms with E-state index in [-0.39, 0.29) is 29.8 Å². The SMILES string of the molecule is O=S(=O)(CCC[C@@H]1CCCN1CCCCCCC1=C(c2cccc(F)c2)CCCc2cc(O)ccc21)CCC(F)(F)C(F)(F)F. The number of halogens is 6. The first-order valence-corrected chi connectivity index (χ1v) is 17.8. The number of rotatable bonds is 15. The molecule has 4 nitrogen and oxygen atoms in total. The van der Waals surface area contributed by atoms with Gasteiger partial charge in [0.05, 0.1) is 11.5 Å². The predicted molar refractivity (Wildman–Crippen MR) is 165 cm³/mol. The number of hydrogen-bond donors (Lipinski definition) is 1. The molecule has 11 heteroatoms. The lowest BCUT2D eigenvalue weighted by Crippen LogP contribution is -2.38. The lowest BCUT2D eigenvalue weighted by molar-refractivity contribution is -0.282. The average Bonchev–Trinajstić information content (AvgIpc) is 3.33. The van der Waals surface area contributed by atoms with E-state index in [0.717, 1.165) is 99.6 Å². The first-order valence-electron chi connectivity index (χ1n) is 15.9. The fourth-order valence-corrected chi connectivity index (χ4v) is 8.06. The van der Waals surface area contributed by atoms with E-state index in [1.54, 1.807) is 18.2 Å². The lowest BCUT2D eigenvalue weighted by atomic mass is 9.89. The van der Waals surface area contributed by atoms with Crippen molar-refractivity contribution in [2.45, 2.75) is 102 Å². The Morgan fingerprint density at radius 2 is 1.67 bits per heavy atom. The standard InChI is InChI=1S/C34H43F6NO3S/c35-27-11-5-9-25(23-27)30-15-6-10-26-24-29(42)16-17-31(26)32(30)14-3-1-2-4-19-41-20-7-12-28(41)13-8-21-45(43,44)22-18-33(36,37)34(38,39)40/h5,9,11,16-17,23-24,28,42H,1-4,6-8,10,12-15,18-22H2/t28-/m0/s1. The van der Waals surface area contributed by atoms with Crippen molar-refractivity contribution in [1.82, 2.24) is 4.90 Å². The second kappa shape index (κ2) is 15.4. The van der Waals surface area contributed by atoms with E-state index in [2.05, 4.69) is 4.90 Å². The molecule has 1 saturated heterocycles. The molecule has 45 heavy (non-hydrogen) atoms. The van der Waals surface area contributed by atoms with Gasteiger partial charge in [0, 0.05) is 12.5 Å². The van der Waals surface area contributed by atoms with Crippen molar-refractivity contribution in [3.63, 3.8) is 0 Å². The first kappa shape index (κ1) is 35.3. The topological polar surface area (TPSA) is 57.6 Å². The minimum absolute atomic E-state index is 0.190. The van der Waals surface area contributed by atoms with Crippen LogP contribution < -0.4 is 0 Å². The molecule has 1 aliphatic heterocycles. The highest BCUT2D eigenvalue weighted by molar-refractivity contribution is 7.91. The lowest BCUT2D eigenvalue weighted by Gasteiger charge is -2.24. The molecular formula is C34H43F6NO3S. The van der Waals surface area contributed by atoms with E-state index in [1.807, 2.05) is 18.2 Å². The van der Waals surface area contributed by atoms with Gasteiger partial charge in [-0.2, -0.15) is 22.0 Å². The second-order valence-corrected chi connectivity index (χ2v) is 14.7. The van der Waals surface area contributed by atoms with Crippen molar-refractivity contribution in [3.05, 3.63) is 65.0 Å². The van der Waals surface area contributed by atoms with E-state index in [9.17, 15) is 39.9 Å². The molecule has 1 N–H and O–H groups in total. The molecule has 1 fully saturated rings. The van der Waals surface area contributed by atoms with Crippen LogP contribution in [0.5, 0.6) is 5.75 Å². The molecule has 0 bridgehead atoms. The summed E-state index contributed by atoms with van der Waals surface area (Å²) in [6.45, 7) is 1.78. The molecule has 0 aromatic heterocycles.